The van der Waals surface area contributed by atoms with Gasteiger partial charge in [-0.25, -0.2) is 13.6 Å². The maximum absolute atomic E-state index is 12.2. The number of nitrogens with zero attached hydrogens (tertiary/aromatic N) is 1. The van der Waals surface area contributed by atoms with Gasteiger partial charge in [0.15, 0.2) is 0 Å². The third kappa shape index (κ3) is 3.71. The van der Waals surface area contributed by atoms with Crippen LogP contribution in [0.3, 0.4) is 0 Å². The Labute approximate surface area is 119 Å². The van der Waals surface area contributed by atoms with Gasteiger partial charge in [0.25, 0.3) is 5.91 Å². The zero-order valence-electron chi connectivity index (χ0n) is 11.9. The van der Waals surface area contributed by atoms with Gasteiger partial charge in [-0.15, -0.1) is 0 Å². The monoisotopic (exact) mass is 300 g/mol. The summed E-state index contributed by atoms with van der Waals surface area (Å²) >= 11 is 0. The number of carbonyl (C=O) groups excluding carboxylic acids is 1. The molecule has 1 aromatic carbocycles. The molecule has 0 unspecified atom stereocenters. The lowest BCUT2D eigenvalue weighted by molar-refractivity contribution is 0.0772. The van der Waals surface area contributed by atoms with E-state index in [0.29, 0.717) is 19.7 Å². The van der Waals surface area contributed by atoms with Crippen molar-refractivity contribution in [1.29, 1.82) is 0 Å². The van der Waals surface area contributed by atoms with Crippen molar-refractivity contribution < 1.29 is 17.9 Å². The average Bonchev–Trinajstić information content (AvgIpc) is 2.39. The van der Waals surface area contributed by atoms with Crippen LogP contribution in [0.15, 0.2) is 23.1 Å². The van der Waals surface area contributed by atoms with E-state index < -0.39 is 10.0 Å². The van der Waals surface area contributed by atoms with E-state index in [9.17, 15) is 13.2 Å². The number of amides is 1. The molecule has 0 aliphatic rings. The highest BCUT2D eigenvalue weighted by Crippen LogP contribution is 2.24. The third-order valence-corrected chi connectivity index (χ3v) is 3.78. The molecule has 0 spiro atoms. The fourth-order valence-corrected chi connectivity index (χ4v) is 2.53. The molecule has 0 aliphatic carbocycles. The molecular weight excluding hydrogens is 280 g/mol. The lowest BCUT2D eigenvalue weighted by atomic mass is 10.2. The molecule has 0 heterocycles. The Kier molecular flexibility index (Phi) is 5.52. The molecule has 0 saturated heterocycles. The first-order valence-corrected chi connectivity index (χ1v) is 7.98. The quantitative estimate of drug-likeness (QED) is 0.855. The van der Waals surface area contributed by atoms with Crippen molar-refractivity contribution in [2.75, 3.05) is 19.7 Å². The number of sulfonamides is 1. The molecule has 2 N–H and O–H groups in total. The van der Waals surface area contributed by atoms with E-state index in [-0.39, 0.29) is 22.1 Å². The number of nitrogens with two attached hydrogens (primary N) is 1. The number of hydrogen-bond acceptors (Lipinski definition) is 4. The van der Waals surface area contributed by atoms with E-state index in [2.05, 4.69) is 0 Å². The zero-order chi connectivity index (χ0) is 15.3. The summed E-state index contributed by atoms with van der Waals surface area (Å²) in [6.07, 6.45) is 0. The van der Waals surface area contributed by atoms with Gasteiger partial charge in [-0.1, -0.05) is 0 Å². The van der Waals surface area contributed by atoms with E-state index in [1.54, 1.807) is 17.9 Å². The molecule has 0 aromatic heterocycles. The van der Waals surface area contributed by atoms with E-state index in [0.717, 1.165) is 0 Å². The Bertz CT molecular complexity index is 580. The summed E-state index contributed by atoms with van der Waals surface area (Å²) in [5, 5.41) is 5.17. The van der Waals surface area contributed by atoms with Crippen molar-refractivity contribution in [3.05, 3.63) is 23.8 Å². The Morgan fingerprint density at radius 3 is 2.30 bits per heavy atom. The first-order chi connectivity index (χ1) is 9.35. The number of ether oxygens (including phenoxy) is 1. The normalized spacial score (nSPS) is 11.2. The molecule has 0 aliphatic heterocycles. The van der Waals surface area contributed by atoms with Crippen LogP contribution >= 0.6 is 0 Å². The van der Waals surface area contributed by atoms with Gasteiger partial charge in [0.1, 0.15) is 10.6 Å². The molecule has 6 nitrogen and oxygen atoms in total. The Morgan fingerprint density at radius 1 is 1.25 bits per heavy atom. The lowest BCUT2D eigenvalue weighted by Crippen LogP contribution is -2.30. The minimum atomic E-state index is -3.95. The van der Waals surface area contributed by atoms with Gasteiger partial charge in [-0.05, 0) is 39.0 Å². The topological polar surface area (TPSA) is 89.7 Å². The molecule has 112 valence electrons. The molecule has 7 heteroatoms. The SMILES string of the molecule is CCOc1ccc(C(=O)N(CC)CC)cc1S(N)(=O)=O. The maximum Gasteiger partial charge on any atom is 0.253 e. The van der Waals surface area contributed by atoms with Gasteiger partial charge >= 0.3 is 0 Å². The molecule has 20 heavy (non-hydrogen) atoms. The smallest absolute Gasteiger partial charge is 0.253 e. The fourth-order valence-electron chi connectivity index (χ4n) is 1.83. The number of benzene rings is 1. The highest BCUT2D eigenvalue weighted by molar-refractivity contribution is 7.89. The highest BCUT2D eigenvalue weighted by Gasteiger charge is 2.20. The van der Waals surface area contributed by atoms with Gasteiger partial charge < -0.3 is 9.64 Å². The first kappa shape index (κ1) is 16.5. The molecule has 0 atom stereocenters. The highest BCUT2D eigenvalue weighted by atomic mass is 32.2. The van der Waals surface area contributed by atoms with Crippen molar-refractivity contribution in [3.63, 3.8) is 0 Å². The predicted octanol–water partition coefficient (Wildman–Crippen LogP) is 1.21. The standard InChI is InChI=1S/C13H20N2O4S/c1-4-15(5-2)13(16)10-7-8-11(19-6-3)12(9-10)20(14,17)18/h7-9H,4-6H2,1-3H3,(H2,14,17,18). The van der Waals surface area contributed by atoms with Crippen molar-refractivity contribution in [1.82, 2.24) is 4.90 Å². The van der Waals surface area contributed by atoms with Crippen molar-refractivity contribution in [2.45, 2.75) is 25.7 Å². The largest absolute Gasteiger partial charge is 0.492 e. The zero-order valence-corrected chi connectivity index (χ0v) is 12.7. The summed E-state index contributed by atoms with van der Waals surface area (Å²) in [5.74, 6) is -0.0750. The molecule has 0 saturated carbocycles. The predicted molar refractivity (Wildman–Crippen MR) is 76.2 cm³/mol. The molecule has 1 aromatic rings. The van der Waals surface area contributed by atoms with E-state index in [1.165, 1.54) is 12.1 Å². The van der Waals surface area contributed by atoms with Gasteiger partial charge in [-0.3, -0.25) is 4.79 Å². The number of rotatable bonds is 6. The minimum Gasteiger partial charge on any atom is -0.492 e. The van der Waals surface area contributed by atoms with Crippen LogP contribution in [-0.4, -0.2) is 38.9 Å². The maximum atomic E-state index is 12.2. The lowest BCUT2D eigenvalue weighted by Gasteiger charge is -2.19. The van der Waals surface area contributed by atoms with Crippen LogP contribution < -0.4 is 9.88 Å². The number of primary sulfonamides is 1. The molecule has 1 rings (SSSR count). The van der Waals surface area contributed by atoms with Crippen LogP contribution in [-0.2, 0) is 10.0 Å². The van der Waals surface area contributed by atoms with Crippen LogP contribution in [0.5, 0.6) is 5.75 Å². The van der Waals surface area contributed by atoms with Gasteiger partial charge in [0, 0.05) is 18.7 Å². The van der Waals surface area contributed by atoms with Gasteiger partial charge in [0.05, 0.1) is 6.61 Å². The van der Waals surface area contributed by atoms with Gasteiger partial charge in [0.2, 0.25) is 10.0 Å². The summed E-state index contributed by atoms with van der Waals surface area (Å²) < 4.78 is 28.4. The summed E-state index contributed by atoms with van der Waals surface area (Å²) in [5.41, 5.74) is 0.279. The average molecular weight is 300 g/mol. The number of hydrogen-bond donors (Lipinski definition) is 1. The van der Waals surface area contributed by atoms with Crippen LogP contribution in [0.25, 0.3) is 0 Å². The van der Waals surface area contributed by atoms with Crippen LogP contribution in [0.2, 0.25) is 0 Å². The van der Waals surface area contributed by atoms with Crippen molar-refractivity contribution in [3.8, 4) is 5.75 Å². The molecule has 0 radical (unpaired) electrons. The summed E-state index contributed by atoms with van der Waals surface area (Å²) in [6.45, 7) is 6.86. The second-order valence-electron chi connectivity index (χ2n) is 4.12. The van der Waals surface area contributed by atoms with E-state index >= 15 is 0 Å². The van der Waals surface area contributed by atoms with Gasteiger partial charge in [-0.2, -0.15) is 0 Å². The molecule has 1 amide bonds. The fraction of sp³-hybridized carbons (Fsp3) is 0.462. The molecule has 0 fully saturated rings. The Balaban J connectivity index is 3.29. The van der Waals surface area contributed by atoms with Crippen LogP contribution in [0, 0.1) is 0 Å². The van der Waals surface area contributed by atoms with Crippen molar-refractivity contribution in [2.24, 2.45) is 5.14 Å². The third-order valence-electron chi connectivity index (χ3n) is 2.85. The molecule has 0 bridgehead atoms. The second kappa shape index (κ2) is 6.71. The van der Waals surface area contributed by atoms with Crippen LogP contribution in [0.1, 0.15) is 31.1 Å². The summed E-state index contributed by atoms with van der Waals surface area (Å²) in [7, 11) is -3.95. The van der Waals surface area contributed by atoms with Crippen molar-refractivity contribution >= 4 is 15.9 Å². The number of carbonyl (C=O) groups is 1. The first-order valence-electron chi connectivity index (χ1n) is 6.44. The Morgan fingerprint density at radius 2 is 1.85 bits per heavy atom. The Hall–Kier alpha value is -1.60. The van der Waals surface area contributed by atoms with E-state index in [1.807, 2.05) is 13.8 Å². The van der Waals surface area contributed by atoms with Crippen LogP contribution in [0.4, 0.5) is 0 Å². The second-order valence-corrected chi connectivity index (χ2v) is 5.65. The molecular formula is C13H20N2O4S. The minimum absolute atomic E-state index is 0.158. The summed E-state index contributed by atoms with van der Waals surface area (Å²) in [6, 6.07) is 4.27. The summed E-state index contributed by atoms with van der Waals surface area (Å²) in [4.78, 5) is 13.6. The van der Waals surface area contributed by atoms with E-state index in [4.69, 9.17) is 9.88 Å².